The zero-order valence-corrected chi connectivity index (χ0v) is 14.4. The van der Waals surface area contributed by atoms with E-state index in [1.807, 2.05) is 24.3 Å². The standard InChI is InChI=1S/C17H19N3O4.ClH/c18-9-13-8-12(10-23-13)17(22)19-6-3-7-20-14-4-1-2-5-15(14)24-11-16(20)21;/h1-2,4-5,8,10H,3,6-7,9,11,18H2,(H,19,22);1H. The van der Waals surface area contributed by atoms with Gasteiger partial charge in [0.05, 0.1) is 17.8 Å². The second kappa shape index (κ2) is 8.55. The molecule has 0 aliphatic carbocycles. The molecule has 1 aliphatic heterocycles. The van der Waals surface area contributed by atoms with Crippen molar-refractivity contribution in [2.45, 2.75) is 13.0 Å². The molecular weight excluding hydrogens is 346 g/mol. The van der Waals surface area contributed by atoms with Gasteiger partial charge in [-0.15, -0.1) is 12.4 Å². The number of benzene rings is 1. The zero-order valence-electron chi connectivity index (χ0n) is 13.6. The predicted octanol–water partition coefficient (Wildman–Crippen LogP) is 1.71. The molecule has 2 heterocycles. The third-order valence-electron chi connectivity index (χ3n) is 3.77. The van der Waals surface area contributed by atoms with Gasteiger partial charge in [-0.3, -0.25) is 9.59 Å². The van der Waals surface area contributed by atoms with E-state index in [-0.39, 0.29) is 37.4 Å². The van der Waals surface area contributed by atoms with Crippen molar-refractivity contribution in [1.82, 2.24) is 5.32 Å². The molecule has 1 aromatic heterocycles. The molecule has 3 N–H and O–H groups in total. The summed E-state index contributed by atoms with van der Waals surface area (Å²) in [6.07, 6.45) is 2.02. The van der Waals surface area contributed by atoms with Crippen molar-refractivity contribution in [3.05, 3.63) is 47.9 Å². The SMILES string of the molecule is Cl.NCc1cc(C(=O)NCCCN2C(=O)COc3ccccc32)co1. The second-order valence-electron chi connectivity index (χ2n) is 5.42. The van der Waals surface area contributed by atoms with Crippen LogP contribution in [0.4, 0.5) is 5.69 Å². The summed E-state index contributed by atoms with van der Waals surface area (Å²) < 4.78 is 10.5. The maximum atomic E-state index is 12.0. The number of nitrogens with zero attached hydrogens (tertiary/aromatic N) is 1. The maximum Gasteiger partial charge on any atom is 0.265 e. The molecule has 0 atom stereocenters. The number of nitrogens with two attached hydrogens (primary N) is 1. The molecule has 1 aromatic carbocycles. The van der Waals surface area contributed by atoms with E-state index in [9.17, 15) is 9.59 Å². The van der Waals surface area contributed by atoms with Crippen LogP contribution in [0.5, 0.6) is 5.75 Å². The van der Waals surface area contributed by atoms with E-state index in [1.54, 1.807) is 11.0 Å². The minimum absolute atomic E-state index is 0. The average Bonchev–Trinajstić information content (AvgIpc) is 3.09. The fourth-order valence-corrected chi connectivity index (χ4v) is 2.55. The van der Waals surface area contributed by atoms with Crippen molar-refractivity contribution in [3.8, 4) is 5.75 Å². The molecule has 0 bridgehead atoms. The molecule has 0 unspecified atom stereocenters. The largest absolute Gasteiger partial charge is 0.482 e. The van der Waals surface area contributed by atoms with E-state index in [4.69, 9.17) is 14.9 Å². The van der Waals surface area contributed by atoms with Gasteiger partial charge < -0.3 is 25.1 Å². The van der Waals surface area contributed by atoms with Crippen LogP contribution in [-0.4, -0.2) is 31.5 Å². The van der Waals surface area contributed by atoms with Gasteiger partial charge in [-0.2, -0.15) is 0 Å². The number of carbonyl (C=O) groups is 2. The minimum atomic E-state index is -0.216. The monoisotopic (exact) mass is 365 g/mol. The van der Waals surface area contributed by atoms with Crippen LogP contribution in [-0.2, 0) is 11.3 Å². The summed E-state index contributed by atoms with van der Waals surface area (Å²) in [5, 5.41) is 2.81. The number of nitrogens with one attached hydrogen (secondary N) is 1. The van der Waals surface area contributed by atoms with E-state index in [0.29, 0.717) is 36.6 Å². The summed E-state index contributed by atoms with van der Waals surface area (Å²) in [7, 11) is 0. The molecule has 0 spiro atoms. The number of hydrogen-bond acceptors (Lipinski definition) is 5. The fourth-order valence-electron chi connectivity index (χ4n) is 2.55. The van der Waals surface area contributed by atoms with E-state index >= 15 is 0 Å². The Morgan fingerprint density at radius 3 is 2.88 bits per heavy atom. The van der Waals surface area contributed by atoms with Crippen LogP contribution in [0.1, 0.15) is 22.5 Å². The number of anilines is 1. The third-order valence-corrected chi connectivity index (χ3v) is 3.77. The quantitative estimate of drug-likeness (QED) is 0.759. The van der Waals surface area contributed by atoms with Crippen molar-refractivity contribution in [3.63, 3.8) is 0 Å². The number of furan rings is 1. The fraction of sp³-hybridized carbons (Fsp3) is 0.294. The predicted molar refractivity (Wildman–Crippen MR) is 95.1 cm³/mol. The van der Waals surface area contributed by atoms with Crippen LogP contribution in [0.25, 0.3) is 0 Å². The Bertz CT molecular complexity index is 747. The molecule has 134 valence electrons. The first-order chi connectivity index (χ1) is 11.7. The number of hydrogen-bond donors (Lipinski definition) is 2. The number of ether oxygens (including phenoxy) is 1. The number of halogens is 1. The molecule has 7 nitrogen and oxygen atoms in total. The number of fused-ring (bicyclic) bond motifs is 1. The van der Waals surface area contributed by atoms with Crippen LogP contribution in [0, 0.1) is 0 Å². The zero-order chi connectivity index (χ0) is 16.9. The topological polar surface area (TPSA) is 97.8 Å². The van der Waals surface area contributed by atoms with Crippen molar-refractivity contribution in [1.29, 1.82) is 0 Å². The molecule has 0 fully saturated rings. The Labute approximate surface area is 151 Å². The van der Waals surface area contributed by atoms with Gasteiger partial charge in [-0.25, -0.2) is 0 Å². The van der Waals surface area contributed by atoms with Crippen LogP contribution >= 0.6 is 12.4 Å². The minimum Gasteiger partial charge on any atom is -0.482 e. The van der Waals surface area contributed by atoms with E-state index in [2.05, 4.69) is 5.32 Å². The lowest BCUT2D eigenvalue weighted by Gasteiger charge is -2.29. The van der Waals surface area contributed by atoms with E-state index in [0.717, 1.165) is 5.69 Å². The molecular formula is C17H20ClN3O4. The number of amides is 2. The Balaban J connectivity index is 0.00000225. The molecule has 0 radical (unpaired) electrons. The molecule has 1 aliphatic rings. The van der Waals surface area contributed by atoms with Gasteiger partial charge in [0.2, 0.25) is 0 Å². The normalized spacial score (nSPS) is 12.8. The number of carbonyl (C=O) groups excluding carboxylic acids is 2. The van der Waals surface area contributed by atoms with Crippen LogP contribution in [0.3, 0.4) is 0 Å². The first-order valence-corrected chi connectivity index (χ1v) is 7.77. The first-order valence-electron chi connectivity index (χ1n) is 7.77. The molecule has 3 rings (SSSR count). The lowest BCUT2D eigenvalue weighted by molar-refractivity contribution is -0.121. The summed E-state index contributed by atoms with van der Waals surface area (Å²) in [6, 6.07) is 9.05. The van der Waals surface area contributed by atoms with Gasteiger partial charge in [0, 0.05) is 13.1 Å². The van der Waals surface area contributed by atoms with Gasteiger partial charge in [-0.05, 0) is 24.6 Å². The van der Waals surface area contributed by atoms with Crippen LogP contribution in [0.2, 0.25) is 0 Å². The van der Waals surface area contributed by atoms with Gasteiger partial charge in [0.25, 0.3) is 11.8 Å². The van der Waals surface area contributed by atoms with E-state index in [1.165, 1.54) is 6.26 Å². The van der Waals surface area contributed by atoms with Crippen molar-refractivity contribution in [2.24, 2.45) is 5.73 Å². The highest BCUT2D eigenvalue weighted by Crippen LogP contribution is 2.31. The molecule has 0 saturated carbocycles. The summed E-state index contributed by atoms with van der Waals surface area (Å²) in [5.41, 5.74) is 6.66. The molecule has 2 aromatic rings. The Hall–Kier alpha value is -2.51. The second-order valence-corrected chi connectivity index (χ2v) is 5.42. The van der Waals surface area contributed by atoms with Crippen molar-refractivity contribution >= 4 is 29.9 Å². The Morgan fingerprint density at radius 2 is 2.12 bits per heavy atom. The van der Waals surface area contributed by atoms with Gasteiger partial charge in [0.1, 0.15) is 17.8 Å². The highest BCUT2D eigenvalue weighted by atomic mass is 35.5. The molecule has 8 heteroatoms. The molecule has 0 saturated heterocycles. The van der Waals surface area contributed by atoms with Crippen LogP contribution in [0.15, 0.2) is 41.0 Å². The lowest BCUT2D eigenvalue weighted by atomic mass is 10.2. The van der Waals surface area contributed by atoms with Gasteiger partial charge >= 0.3 is 0 Å². The summed E-state index contributed by atoms with van der Waals surface area (Å²) >= 11 is 0. The Kier molecular flexibility index (Phi) is 6.44. The molecule has 2 amide bonds. The lowest BCUT2D eigenvalue weighted by Crippen LogP contribution is -2.40. The Morgan fingerprint density at radius 1 is 1.32 bits per heavy atom. The van der Waals surface area contributed by atoms with Gasteiger partial charge in [0.15, 0.2) is 6.61 Å². The summed E-state index contributed by atoms with van der Waals surface area (Å²) in [4.78, 5) is 25.7. The summed E-state index contributed by atoms with van der Waals surface area (Å²) in [5.74, 6) is 0.971. The number of para-hydroxylation sites is 2. The smallest absolute Gasteiger partial charge is 0.265 e. The molecule has 25 heavy (non-hydrogen) atoms. The van der Waals surface area contributed by atoms with Crippen molar-refractivity contribution in [2.75, 3.05) is 24.6 Å². The highest BCUT2D eigenvalue weighted by Gasteiger charge is 2.24. The van der Waals surface area contributed by atoms with Gasteiger partial charge in [-0.1, -0.05) is 12.1 Å². The average molecular weight is 366 g/mol. The highest BCUT2D eigenvalue weighted by molar-refractivity contribution is 5.97. The van der Waals surface area contributed by atoms with Crippen molar-refractivity contribution < 1.29 is 18.7 Å². The number of rotatable bonds is 6. The summed E-state index contributed by atoms with van der Waals surface area (Å²) in [6.45, 7) is 1.26. The van der Waals surface area contributed by atoms with E-state index < -0.39 is 0 Å². The third kappa shape index (κ3) is 4.32. The van der Waals surface area contributed by atoms with Crippen LogP contribution < -0.4 is 20.7 Å². The maximum absolute atomic E-state index is 12.0. The first kappa shape index (κ1) is 18.8.